The number of nitrogens with zero attached hydrogens (tertiary/aromatic N) is 3. The lowest BCUT2D eigenvalue weighted by Crippen LogP contribution is -1.94. The van der Waals surface area contributed by atoms with Crippen LogP contribution >= 0.6 is 39.0 Å². The summed E-state index contributed by atoms with van der Waals surface area (Å²) in [6, 6.07) is 8.31. The van der Waals surface area contributed by atoms with Gasteiger partial charge < -0.3 is 0 Å². The summed E-state index contributed by atoms with van der Waals surface area (Å²) in [5, 5.41) is 4.71. The van der Waals surface area contributed by atoms with E-state index in [9.17, 15) is 0 Å². The summed E-state index contributed by atoms with van der Waals surface area (Å²) in [5.41, 5.74) is 3.39. The van der Waals surface area contributed by atoms with Crippen molar-refractivity contribution in [3.05, 3.63) is 34.4 Å². The van der Waals surface area contributed by atoms with E-state index in [1.54, 1.807) is 11.3 Å². The van der Waals surface area contributed by atoms with Gasteiger partial charge in [-0.1, -0.05) is 65.0 Å². The highest BCUT2D eigenvalue weighted by molar-refractivity contribution is 9.10. The number of aryl methyl sites for hydroxylation is 1. The third-order valence-electron chi connectivity index (χ3n) is 3.16. The van der Waals surface area contributed by atoms with Gasteiger partial charge in [-0.05, 0) is 25.0 Å². The molecule has 3 rings (SSSR count). The van der Waals surface area contributed by atoms with Gasteiger partial charge in [-0.15, -0.1) is 5.10 Å². The maximum atomic E-state index is 4.80. The third-order valence-corrected chi connectivity index (χ3v) is 5.94. The molecular formula is C15H16BrN3S2. The Morgan fingerprint density at radius 3 is 2.67 bits per heavy atom. The second-order valence-corrected chi connectivity index (χ2v) is 7.89. The highest BCUT2D eigenvalue weighted by Gasteiger charge is 2.16. The van der Waals surface area contributed by atoms with Crippen LogP contribution in [0.25, 0.3) is 16.2 Å². The molecule has 0 saturated heterocycles. The van der Waals surface area contributed by atoms with Gasteiger partial charge in [0, 0.05) is 15.8 Å². The first kappa shape index (κ1) is 15.1. The Morgan fingerprint density at radius 1 is 1.24 bits per heavy atom. The van der Waals surface area contributed by atoms with Crippen molar-refractivity contribution in [3.8, 4) is 11.3 Å². The van der Waals surface area contributed by atoms with Crippen molar-refractivity contribution in [2.75, 3.05) is 5.75 Å². The first-order valence-corrected chi connectivity index (χ1v) is 9.59. The Hall–Kier alpha value is -0.850. The molecule has 0 fully saturated rings. The number of benzene rings is 1. The van der Waals surface area contributed by atoms with Gasteiger partial charge in [0.15, 0.2) is 4.34 Å². The van der Waals surface area contributed by atoms with Gasteiger partial charge >= 0.3 is 0 Å². The lowest BCUT2D eigenvalue weighted by atomic mass is 10.1. The minimum atomic E-state index is 0.925. The number of halogens is 1. The van der Waals surface area contributed by atoms with Crippen LogP contribution in [0.4, 0.5) is 0 Å². The SMILES string of the molecule is CCCSc1nn2c(CC)c(-c3ccc(Br)cc3)nc2s1. The van der Waals surface area contributed by atoms with E-state index < -0.39 is 0 Å². The van der Waals surface area contributed by atoms with Crippen LogP contribution in [0.5, 0.6) is 0 Å². The van der Waals surface area contributed by atoms with E-state index in [0.717, 1.165) is 43.6 Å². The molecule has 0 unspecified atom stereocenters. The first-order valence-electron chi connectivity index (χ1n) is 7.00. The molecule has 2 aromatic heterocycles. The van der Waals surface area contributed by atoms with Crippen molar-refractivity contribution in [3.63, 3.8) is 0 Å². The molecule has 110 valence electrons. The highest BCUT2D eigenvalue weighted by Crippen LogP contribution is 2.31. The largest absolute Gasteiger partial charge is 0.217 e. The van der Waals surface area contributed by atoms with E-state index in [-0.39, 0.29) is 0 Å². The number of hydrogen-bond acceptors (Lipinski definition) is 4. The maximum absolute atomic E-state index is 4.80. The second-order valence-electron chi connectivity index (χ2n) is 4.68. The predicted octanol–water partition coefficient (Wildman–Crippen LogP) is 5.28. The minimum absolute atomic E-state index is 0.925. The summed E-state index contributed by atoms with van der Waals surface area (Å²) in [6.07, 6.45) is 2.09. The molecule has 6 heteroatoms. The average molecular weight is 382 g/mol. The first-order chi connectivity index (χ1) is 10.2. The molecular weight excluding hydrogens is 366 g/mol. The zero-order valence-electron chi connectivity index (χ0n) is 12.0. The van der Waals surface area contributed by atoms with E-state index >= 15 is 0 Å². The average Bonchev–Trinajstić information content (AvgIpc) is 3.02. The molecule has 3 aromatic rings. The molecule has 0 saturated carbocycles. The lowest BCUT2D eigenvalue weighted by molar-refractivity contribution is 0.846. The zero-order chi connectivity index (χ0) is 14.8. The summed E-state index contributed by atoms with van der Waals surface area (Å²) in [4.78, 5) is 5.79. The zero-order valence-corrected chi connectivity index (χ0v) is 15.2. The van der Waals surface area contributed by atoms with Crippen molar-refractivity contribution in [2.45, 2.75) is 31.0 Å². The van der Waals surface area contributed by atoms with Crippen LogP contribution in [0.2, 0.25) is 0 Å². The molecule has 0 spiro atoms. The summed E-state index contributed by atoms with van der Waals surface area (Å²) < 4.78 is 4.21. The number of fused-ring (bicyclic) bond motifs is 1. The van der Waals surface area contributed by atoms with Crippen LogP contribution in [0.15, 0.2) is 33.1 Å². The molecule has 0 radical (unpaired) electrons. The molecule has 0 aliphatic rings. The smallest absolute Gasteiger partial charge is 0.213 e. The standard InChI is InChI=1S/C15H16BrN3S2/c1-3-9-20-15-18-19-12(4-2)13(17-14(19)21-15)10-5-7-11(16)8-6-10/h5-8H,3-4,9H2,1-2H3. The maximum Gasteiger partial charge on any atom is 0.213 e. The van der Waals surface area contributed by atoms with Gasteiger partial charge in [-0.25, -0.2) is 9.50 Å². The minimum Gasteiger partial charge on any atom is -0.217 e. The van der Waals surface area contributed by atoms with Crippen molar-refractivity contribution in [2.24, 2.45) is 0 Å². The number of imidazole rings is 1. The topological polar surface area (TPSA) is 30.2 Å². The van der Waals surface area contributed by atoms with Crippen LogP contribution in [0.3, 0.4) is 0 Å². The van der Waals surface area contributed by atoms with Crippen LogP contribution in [-0.2, 0) is 6.42 Å². The Labute approximate surface area is 140 Å². The molecule has 0 amide bonds. The fourth-order valence-electron chi connectivity index (χ4n) is 2.18. The number of hydrogen-bond donors (Lipinski definition) is 0. The monoisotopic (exact) mass is 381 g/mol. The number of rotatable bonds is 5. The van der Waals surface area contributed by atoms with Crippen LogP contribution in [0.1, 0.15) is 26.0 Å². The van der Waals surface area contributed by atoms with Gasteiger partial charge in [0.2, 0.25) is 4.96 Å². The van der Waals surface area contributed by atoms with Crippen LogP contribution in [0, 0.1) is 0 Å². The Kier molecular flexibility index (Phi) is 4.66. The van der Waals surface area contributed by atoms with Crippen molar-refractivity contribution in [1.82, 2.24) is 14.6 Å². The Balaban J connectivity index is 2.03. The third kappa shape index (κ3) is 3.03. The van der Waals surface area contributed by atoms with Crippen molar-refractivity contribution >= 4 is 44.0 Å². The fourth-order valence-corrected chi connectivity index (χ4v) is 4.32. The summed E-state index contributed by atoms with van der Waals surface area (Å²) in [5.74, 6) is 1.11. The molecule has 1 aromatic carbocycles. The molecule has 0 aliphatic heterocycles. The van der Waals surface area contributed by atoms with Crippen molar-refractivity contribution < 1.29 is 0 Å². The molecule has 0 N–H and O–H groups in total. The van der Waals surface area contributed by atoms with E-state index in [0.29, 0.717) is 0 Å². The van der Waals surface area contributed by atoms with E-state index in [1.807, 2.05) is 16.3 Å². The molecule has 21 heavy (non-hydrogen) atoms. The molecule has 0 bridgehead atoms. The van der Waals surface area contributed by atoms with Gasteiger partial charge in [0.05, 0.1) is 11.4 Å². The summed E-state index contributed by atoms with van der Waals surface area (Å²) in [6.45, 7) is 4.35. The van der Waals surface area contributed by atoms with Crippen LogP contribution in [-0.4, -0.2) is 20.4 Å². The summed E-state index contributed by atoms with van der Waals surface area (Å²) in [7, 11) is 0. The molecule has 2 heterocycles. The number of thioether (sulfide) groups is 1. The lowest BCUT2D eigenvalue weighted by Gasteiger charge is -2.01. The van der Waals surface area contributed by atoms with E-state index in [4.69, 9.17) is 10.1 Å². The van der Waals surface area contributed by atoms with Crippen molar-refractivity contribution in [1.29, 1.82) is 0 Å². The Bertz CT molecular complexity index is 746. The quantitative estimate of drug-likeness (QED) is 0.562. The van der Waals surface area contributed by atoms with Gasteiger partial charge in [0.25, 0.3) is 0 Å². The molecule has 3 nitrogen and oxygen atoms in total. The fraction of sp³-hybridized carbons (Fsp3) is 0.333. The Morgan fingerprint density at radius 2 is 2.00 bits per heavy atom. The second kappa shape index (κ2) is 6.50. The summed E-state index contributed by atoms with van der Waals surface area (Å²) >= 11 is 6.97. The van der Waals surface area contributed by atoms with Gasteiger partial charge in [0.1, 0.15) is 0 Å². The molecule has 0 aliphatic carbocycles. The van der Waals surface area contributed by atoms with E-state index in [1.165, 1.54) is 5.69 Å². The van der Waals surface area contributed by atoms with Gasteiger partial charge in [-0.3, -0.25) is 0 Å². The predicted molar refractivity (Wildman–Crippen MR) is 94.4 cm³/mol. The normalized spacial score (nSPS) is 11.4. The van der Waals surface area contributed by atoms with Gasteiger partial charge in [-0.2, -0.15) is 0 Å². The highest BCUT2D eigenvalue weighted by atomic mass is 79.9. The van der Waals surface area contributed by atoms with E-state index in [2.05, 4.69) is 54.0 Å². The number of aromatic nitrogens is 3. The van der Waals surface area contributed by atoms with Crippen LogP contribution < -0.4 is 0 Å². The molecule has 0 atom stereocenters.